The van der Waals surface area contributed by atoms with Crippen LogP contribution in [0.5, 0.6) is 0 Å². The fourth-order valence-corrected chi connectivity index (χ4v) is 2.29. The minimum atomic E-state index is -0.490. The van der Waals surface area contributed by atoms with Gasteiger partial charge in [0.2, 0.25) is 0 Å². The molecule has 0 bridgehead atoms. The lowest BCUT2D eigenvalue weighted by molar-refractivity contribution is 0.0600. The van der Waals surface area contributed by atoms with Crippen molar-refractivity contribution in [3.63, 3.8) is 0 Å². The topological polar surface area (TPSA) is 39.2 Å². The molecule has 0 aliphatic carbocycles. The van der Waals surface area contributed by atoms with Crippen molar-refractivity contribution in [3.05, 3.63) is 51.2 Å². The second-order valence-electron chi connectivity index (χ2n) is 3.68. The van der Waals surface area contributed by atoms with Crippen molar-refractivity contribution in [3.8, 4) is 11.1 Å². The molecule has 6 heteroatoms. The first-order chi connectivity index (χ1) is 9.02. The molecule has 3 nitrogen and oxygen atoms in total. The van der Waals surface area contributed by atoms with Gasteiger partial charge in [-0.3, -0.25) is 0 Å². The molecule has 0 aliphatic heterocycles. The van der Waals surface area contributed by atoms with Crippen molar-refractivity contribution in [1.29, 1.82) is 0 Å². The van der Waals surface area contributed by atoms with E-state index in [0.717, 1.165) is 0 Å². The van der Waals surface area contributed by atoms with Crippen LogP contribution in [0.3, 0.4) is 0 Å². The maximum atomic E-state index is 11.5. The SMILES string of the molecule is COC(=O)c1cnc(Cl)c(-c2ccc(Cl)cc2Cl)c1. The summed E-state index contributed by atoms with van der Waals surface area (Å²) < 4.78 is 4.64. The Hall–Kier alpha value is -1.29. The van der Waals surface area contributed by atoms with Gasteiger partial charge < -0.3 is 4.74 Å². The molecule has 0 N–H and O–H groups in total. The third-order valence-electron chi connectivity index (χ3n) is 2.48. The van der Waals surface area contributed by atoms with Crippen LogP contribution in [-0.4, -0.2) is 18.1 Å². The molecule has 1 aromatic heterocycles. The first-order valence-electron chi connectivity index (χ1n) is 5.22. The van der Waals surface area contributed by atoms with Crippen molar-refractivity contribution < 1.29 is 9.53 Å². The van der Waals surface area contributed by atoms with E-state index in [9.17, 15) is 4.79 Å². The maximum absolute atomic E-state index is 11.5. The van der Waals surface area contributed by atoms with E-state index in [0.29, 0.717) is 26.7 Å². The van der Waals surface area contributed by atoms with Gasteiger partial charge in [-0.2, -0.15) is 0 Å². The van der Waals surface area contributed by atoms with Crippen molar-refractivity contribution in [1.82, 2.24) is 4.98 Å². The number of hydrogen-bond donors (Lipinski definition) is 0. The largest absolute Gasteiger partial charge is 0.465 e. The number of rotatable bonds is 2. The van der Waals surface area contributed by atoms with Gasteiger partial charge >= 0.3 is 5.97 Å². The number of halogens is 3. The normalized spacial score (nSPS) is 10.3. The van der Waals surface area contributed by atoms with E-state index in [1.165, 1.54) is 13.3 Å². The number of carbonyl (C=O) groups is 1. The van der Waals surface area contributed by atoms with Gasteiger partial charge in [0.25, 0.3) is 0 Å². The van der Waals surface area contributed by atoms with Gasteiger partial charge in [-0.25, -0.2) is 9.78 Å². The van der Waals surface area contributed by atoms with Crippen LogP contribution in [-0.2, 0) is 4.74 Å². The summed E-state index contributed by atoms with van der Waals surface area (Å²) in [5, 5.41) is 1.19. The van der Waals surface area contributed by atoms with E-state index >= 15 is 0 Å². The van der Waals surface area contributed by atoms with E-state index in [-0.39, 0.29) is 5.15 Å². The number of hydrogen-bond acceptors (Lipinski definition) is 3. The van der Waals surface area contributed by atoms with Crippen molar-refractivity contribution in [2.75, 3.05) is 7.11 Å². The maximum Gasteiger partial charge on any atom is 0.339 e. The van der Waals surface area contributed by atoms with Gasteiger partial charge in [0.1, 0.15) is 5.15 Å². The highest BCUT2D eigenvalue weighted by Gasteiger charge is 2.14. The summed E-state index contributed by atoms with van der Waals surface area (Å²) in [6, 6.07) is 6.58. The van der Waals surface area contributed by atoms with Crippen LogP contribution in [0.4, 0.5) is 0 Å². The van der Waals surface area contributed by atoms with Crippen molar-refractivity contribution in [2.45, 2.75) is 0 Å². The molecule has 2 aromatic rings. The number of esters is 1. The van der Waals surface area contributed by atoms with E-state index < -0.39 is 5.97 Å². The van der Waals surface area contributed by atoms with E-state index in [1.54, 1.807) is 24.3 Å². The molecule has 0 aliphatic rings. The Morgan fingerprint density at radius 2 is 1.89 bits per heavy atom. The molecule has 19 heavy (non-hydrogen) atoms. The zero-order valence-electron chi connectivity index (χ0n) is 9.78. The molecule has 1 aromatic carbocycles. The highest BCUT2D eigenvalue weighted by molar-refractivity contribution is 6.37. The summed E-state index contributed by atoms with van der Waals surface area (Å²) in [6.07, 6.45) is 1.35. The molecule has 2 rings (SSSR count). The monoisotopic (exact) mass is 315 g/mol. The van der Waals surface area contributed by atoms with E-state index in [1.807, 2.05) is 0 Å². The lowest BCUT2D eigenvalue weighted by atomic mass is 10.1. The summed E-state index contributed by atoms with van der Waals surface area (Å²) in [5.74, 6) is -0.490. The number of carbonyl (C=O) groups excluding carboxylic acids is 1. The van der Waals surface area contributed by atoms with Crippen LogP contribution < -0.4 is 0 Å². The Labute approximate surface area is 125 Å². The summed E-state index contributed by atoms with van der Waals surface area (Å²) in [7, 11) is 1.30. The second kappa shape index (κ2) is 5.78. The molecular formula is C13H8Cl3NO2. The fourth-order valence-electron chi connectivity index (χ4n) is 1.57. The number of methoxy groups -OCH3 is 1. The van der Waals surface area contributed by atoms with Crippen LogP contribution in [0.25, 0.3) is 11.1 Å². The number of ether oxygens (including phenoxy) is 1. The molecule has 0 amide bonds. The summed E-state index contributed by atoms with van der Waals surface area (Å²) >= 11 is 18.0. The summed E-state index contributed by atoms with van der Waals surface area (Å²) in [4.78, 5) is 15.4. The van der Waals surface area contributed by atoms with Crippen LogP contribution >= 0.6 is 34.8 Å². The number of aromatic nitrogens is 1. The van der Waals surface area contributed by atoms with Gasteiger partial charge in [0, 0.05) is 27.4 Å². The predicted molar refractivity (Wildman–Crippen MR) is 76.0 cm³/mol. The molecule has 0 unspecified atom stereocenters. The highest BCUT2D eigenvalue weighted by Crippen LogP contribution is 2.34. The number of nitrogens with zero attached hydrogens (tertiary/aromatic N) is 1. The van der Waals surface area contributed by atoms with Crippen molar-refractivity contribution >= 4 is 40.8 Å². The third kappa shape index (κ3) is 3.00. The van der Waals surface area contributed by atoms with Crippen LogP contribution in [0.15, 0.2) is 30.5 Å². The average Bonchev–Trinajstić information content (AvgIpc) is 2.39. The Morgan fingerprint density at radius 3 is 2.53 bits per heavy atom. The lowest BCUT2D eigenvalue weighted by Gasteiger charge is -2.08. The smallest absolute Gasteiger partial charge is 0.339 e. The van der Waals surface area contributed by atoms with Crippen LogP contribution in [0.2, 0.25) is 15.2 Å². The Kier molecular flexibility index (Phi) is 4.30. The van der Waals surface area contributed by atoms with Crippen molar-refractivity contribution in [2.24, 2.45) is 0 Å². The summed E-state index contributed by atoms with van der Waals surface area (Å²) in [5.41, 5.74) is 1.49. The highest BCUT2D eigenvalue weighted by atomic mass is 35.5. The first kappa shape index (κ1) is 14.1. The molecule has 1 heterocycles. The summed E-state index contributed by atoms with van der Waals surface area (Å²) in [6.45, 7) is 0. The van der Waals surface area contributed by atoms with Gasteiger partial charge in [0.15, 0.2) is 0 Å². The first-order valence-corrected chi connectivity index (χ1v) is 6.35. The zero-order valence-corrected chi connectivity index (χ0v) is 12.1. The minimum Gasteiger partial charge on any atom is -0.465 e. The molecule has 0 atom stereocenters. The van der Waals surface area contributed by atoms with E-state index in [4.69, 9.17) is 34.8 Å². The predicted octanol–water partition coefficient (Wildman–Crippen LogP) is 4.50. The molecule has 0 saturated carbocycles. The molecule has 98 valence electrons. The minimum absolute atomic E-state index is 0.247. The van der Waals surface area contributed by atoms with Crippen LogP contribution in [0, 0.1) is 0 Å². The zero-order chi connectivity index (χ0) is 14.0. The molecule has 0 spiro atoms. The molecule has 0 radical (unpaired) electrons. The second-order valence-corrected chi connectivity index (χ2v) is 4.88. The quantitative estimate of drug-likeness (QED) is 0.605. The molecular weight excluding hydrogens is 309 g/mol. The lowest BCUT2D eigenvalue weighted by Crippen LogP contribution is -2.02. The Balaban J connectivity index is 2.57. The molecule has 0 saturated heterocycles. The third-order valence-corrected chi connectivity index (χ3v) is 3.33. The standard InChI is InChI=1S/C13H8Cl3NO2/c1-19-13(18)7-4-10(12(16)17-6-7)9-3-2-8(14)5-11(9)15/h2-6H,1H3. The number of benzene rings is 1. The van der Waals surface area contributed by atoms with Crippen LogP contribution in [0.1, 0.15) is 10.4 Å². The molecule has 0 fully saturated rings. The van der Waals surface area contributed by atoms with Gasteiger partial charge in [-0.15, -0.1) is 0 Å². The average molecular weight is 317 g/mol. The van der Waals surface area contributed by atoms with Gasteiger partial charge in [-0.1, -0.05) is 40.9 Å². The Morgan fingerprint density at radius 1 is 1.16 bits per heavy atom. The number of pyridine rings is 1. The van der Waals surface area contributed by atoms with Gasteiger partial charge in [-0.05, 0) is 18.2 Å². The van der Waals surface area contributed by atoms with E-state index in [2.05, 4.69) is 9.72 Å². The Bertz CT molecular complexity index is 644. The fraction of sp³-hybridized carbons (Fsp3) is 0.0769. The van der Waals surface area contributed by atoms with Gasteiger partial charge in [0.05, 0.1) is 12.7 Å².